The molecule has 0 saturated carbocycles. The van der Waals surface area contributed by atoms with Gasteiger partial charge in [0, 0.05) is 5.69 Å². The molecule has 0 spiro atoms. The molecule has 1 amide bonds. The van der Waals surface area contributed by atoms with Crippen molar-refractivity contribution in [2.45, 2.75) is 0 Å². The third kappa shape index (κ3) is 3.85. The molecule has 2 N–H and O–H groups in total. The highest BCUT2D eigenvalue weighted by molar-refractivity contribution is 6.42. The fourth-order valence-electron chi connectivity index (χ4n) is 1.55. The predicted octanol–water partition coefficient (Wildman–Crippen LogP) is 4.18. The van der Waals surface area contributed by atoms with Crippen LogP contribution in [0, 0.1) is 5.82 Å². The molecule has 20 heavy (non-hydrogen) atoms. The lowest BCUT2D eigenvalue weighted by molar-refractivity contribution is -0.114. The van der Waals surface area contributed by atoms with Gasteiger partial charge in [0.15, 0.2) is 0 Å². The van der Waals surface area contributed by atoms with Gasteiger partial charge >= 0.3 is 0 Å². The Morgan fingerprint density at radius 2 is 1.85 bits per heavy atom. The van der Waals surface area contributed by atoms with Crippen molar-refractivity contribution in [2.75, 3.05) is 17.2 Å². The zero-order valence-electron chi connectivity index (χ0n) is 10.3. The molecule has 0 aromatic heterocycles. The third-order valence-electron chi connectivity index (χ3n) is 2.52. The van der Waals surface area contributed by atoms with Gasteiger partial charge in [-0.1, -0.05) is 35.3 Å². The van der Waals surface area contributed by atoms with Crippen LogP contribution in [0.15, 0.2) is 42.5 Å². The minimum atomic E-state index is -0.476. The molecular weight excluding hydrogens is 302 g/mol. The second-order valence-corrected chi connectivity index (χ2v) is 4.82. The summed E-state index contributed by atoms with van der Waals surface area (Å²) in [6, 6.07) is 10.9. The van der Waals surface area contributed by atoms with Crippen LogP contribution in [0.5, 0.6) is 0 Å². The Morgan fingerprint density at radius 3 is 2.55 bits per heavy atom. The van der Waals surface area contributed by atoms with Gasteiger partial charge in [-0.3, -0.25) is 4.79 Å². The molecule has 2 rings (SSSR count). The van der Waals surface area contributed by atoms with Gasteiger partial charge in [0.25, 0.3) is 0 Å². The van der Waals surface area contributed by atoms with Crippen molar-refractivity contribution in [2.24, 2.45) is 0 Å². The Morgan fingerprint density at radius 1 is 1.10 bits per heavy atom. The normalized spacial score (nSPS) is 10.2. The Kier molecular flexibility index (Phi) is 4.82. The highest BCUT2D eigenvalue weighted by Gasteiger charge is 2.06. The van der Waals surface area contributed by atoms with E-state index in [1.807, 2.05) is 0 Å². The Hall–Kier alpha value is -1.78. The number of carbonyl (C=O) groups is 1. The first-order valence-electron chi connectivity index (χ1n) is 5.79. The van der Waals surface area contributed by atoms with Crippen molar-refractivity contribution in [3.05, 3.63) is 58.3 Å². The van der Waals surface area contributed by atoms with Crippen LogP contribution in [0.4, 0.5) is 15.8 Å². The molecule has 0 atom stereocenters. The van der Waals surface area contributed by atoms with E-state index in [2.05, 4.69) is 10.6 Å². The lowest BCUT2D eigenvalue weighted by Gasteiger charge is -2.09. The molecule has 0 heterocycles. The first kappa shape index (κ1) is 14.6. The third-order valence-corrected chi connectivity index (χ3v) is 3.26. The molecule has 2 aromatic rings. The summed E-state index contributed by atoms with van der Waals surface area (Å²) in [4.78, 5) is 11.7. The predicted molar refractivity (Wildman–Crippen MR) is 80.0 cm³/mol. The lowest BCUT2D eigenvalue weighted by Crippen LogP contribution is -2.22. The summed E-state index contributed by atoms with van der Waals surface area (Å²) in [6.45, 7) is -0.00764. The molecule has 6 heteroatoms. The van der Waals surface area contributed by atoms with Gasteiger partial charge in [-0.25, -0.2) is 4.39 Å². The van der Waals surface area contributed by atoms with Crippen molar-refractivity contribution in [1.29, 1.82) is 0 Å². The minimum absolute atomic E-state index is 0.00764. The molecule has 0 saturated heterocycles. The number of amides is 1. The maximum absolute atomic E-state index is 13.3. The van der Waals surface area contributed by atoms with E-state index in [9.17, 15) is 9.18 Å². The van der Waals surface area contributed by atoms with Crippen LogP contribution in [-0.2, 0) is 4.79 Å². The molecular formula is C14H11Cl2FN2O. The highest BCUT2D eigenvalue weighted by atomic mass is 35.5. The number of benzene rings is 2. The van der Waals surface area contributed by atoms with E-state index in [1.165, 1.54) is 12.1 Å². The highest BCUT2D eigenvalue weighted by Crippen LogP contribution is 2.24. The van der Waals surface area contributed by atoms with Crippen LogP contribution in [0.1, 0.15) is 0 Å². The average molecular weight is 313 g/mol. The summed E-state index contributed by atoms with van der Waals surface area (Å²) in [6.07, 6.45) is 0. The summed E-state index contributed by atoms with van der Waals surface area (Å²) in [5.74, 6) is -0.837. The zero-order chi connectivity index (χ0) is 14.5. The van der Waals surface area contributed by atoms with Crippen molar-refractivity contribution in [1.82, 2.24) is 0 Å². The van der Waals surface area contributed by atoms with Gasteiger partial charge in [0.2, 0.25) is 5.91 Å². The number of carbonyl (C=O) groups excluding carboxylic acids is 1. The maximum atomic E-state index is 13.3. The SMILES string of the molecule is O=C(CNc1ccc(Cl)c(Cl)c1)Nc1ccccc1F. The van der Waals surface area contributed by atoms with E-state index in [1.54, 1.807) is 30.3 Å². The van der Waals surface area contributed by atoms with Gasteiger partial charge in [-0.05, 0) is 30.3 Å². The summed E-state index contributed by atoms with van der Waals surface area (Å²) in [5, 5.41) is 6.18. The molecule has 2 aromatic carbocycles. The molecule has 0 aliphatic carbocycles. The number of hydrogen-bond donors (Lipinski definition) is 2. The monoisotopic (exact) mass is 312 g/mol. The summed E-state index contributed by atoms with van der Waals surface area (Å²) in [7, 11) is 0. The zero-order valence-corrected chi connectivity index (χ0v) is 11.8. The van der Waals surface area contributed by atoms with E-state index >= 15 is 0 Å². The molecule has 0 unspecified atom stereocenters. The van der Waals surface area contributed by atoms with Crippen molar-refractivity contribution >= 4 is 40.5 Å². The summed E-state index contributed by atoms with van der Waals surface area (Å²) < 4.78 is 13.3. The van der Waals surface area contributed by atoms with Crippen LogP contribution < -0.4 is 10.6 Å². The molecule has 0 bridgehead atoms. The summed E-state index contributed by atoms with van der Waals surface area (Å²) >= 11 is 11.6. The van der Waals surface area contributed by atoms with Gasteiger partial charge in [-0.2, -0.15) is 0 Å². The molecule has 0 fully saturated rings. The van der Waals surface area contributed by atoms with Crippen molar-refractivity contribution in [3.8, 4) is 0 Å². The lowest BCUT2D eigenvalue weighted by atomic mass is 10.3. The van der Waals surface area contributed by atoms with E-state index in [0.717, 1.165) is 0 Å². The maximum Gasteiger partial charge on any atom is 0.243 e. The van der Waals surface area contributed by atoms with Crippen LogP contribution in [0.25, 0.3) is 0 Å². The van der Waals surface area contributed by atoms with Crippen LogP contribution >= 0.6 is 23.2 Å². The van der Waals surface area contributed by atoms with E-state index in [0.29, 0.717) is 15.7 Å². The fourth-order valence-corrected chi connectivity index (χ4v) is 1.84. The number of anilines is 2. The largest absolute Gasteiger partial charge is 0.376 e. The number of halogens is 3. The van der Waals surface area contributed by atoms with Crippen LogP contribution in [0.3, 0.4) is 0 Å². The fraction of sp³-hybridized carbons (Fsp3) is 0.0714. The Labute approximate surface area is 125 Å². The smallest absolute Gasteiger partial charge is 0.243 e. The molecule has 0 aliphatic rings. The van der Waals surface area contributed by atoms with Gasteiger partial charge in [0.1, 0.15) is 5.82 Å². The standard InChI is InChI=1S/C14H11Cl2FN2O/c15-10-6-5-9(7-11(10)16)18-8-14(20)19-13-4-2-1-3-12(13)17/h1-7,18H,8H2,(H,19,20). The van der Waals surface area contributed by atoms with Gasteiger partial charge in [0.05, 0.1) is 22.3 Å². The quantitative estimate of drug-likeness (QED) is 0.889. The first-order chi connectivity index (χ1) is 9.56. The molecule has 0 radical (unpaired) electrons. The van der Waals surface area contributed by atoms with E-state index in [-0.39, 0.29) is 18.1 Å². The Balaban J connectivity index is 1.92. The first-order valence-corrected chi connectivity index (χ1v) is 6.55. The van der Waals surface area contributed by atoms with Crippen LogP contribution in [0.2, 0.25) is 10.0 Å². The second-order valence-electron chi connectivity index (χ2n) is 4.01. The van der Waals surface area contributed by atoms with Gasteiger partial charge < -0.3 is 10.6 Å². The average Bonchev–Trinajstić information content (AvgIpc) is 2.43. The minimum Gasteiger partial charge on any atom is -0.376 e. The number of para-hydroxylation sites is 1. The number of rotatable bonds is 4. The number of hydrogen-bond acceptors (Lipinski definition) is 2. The molecule has 104 valence electrons. The Bertz CT molecular complexity index is 634. The van der Waals surface area contributed by atoms with Crippen molar-refractivity contribution in [3.63, 3.8) is 0 Å². The van der Waals surface area contributed by atoms with Crippen LogP contribution in [-0.4, -0.2) is 12.5 Å². The topological polar surface area (TPSA) is 41.1 Å². The molecule has 0 aliphatic heterocycles. The summed E-state index contributed by atoms with van der Waals surface area (Å²) in [5.41, 5.74) is 0.802. The van der Waals surface area contributed by atoms with Crippen molar-refractivity contribution < 1.29 is 9.18 Å². The molecule has 3 nitrogen and oxygen atoms in total. The van der Waals surface area contributed by atoms with Gasteiger partial charge in [-0.15, -0.1) is 0 Å². The van der Waals surface area contributed by atoms with E-state index < -0.39 is 5.82 Å². The van der Waals surface area contributed by atoms with E-state index in [4.69, 9.17) is 23.2 Å². The second kappa shape index (κ2) is 6.59. The number of nitrogens with one attached hydrogen (secondary N) is 2.